The molecule has 0 fully saturated rings. The number of phenolic OH excluding ortho intramolecular Hbond substituents is 9. The summed E-state index contributed by atoms with van der Waals surface area (Å²) in [6.45, 7) is 0. The molecule has 8 atom stereocenters. The number of ether oxygens (including phenoxy) is 2. The quantitative estimate of drug-likeness (QED) is 0.0769. The van der Waals surface area contributed by atoms with E-state index >= 15 is 0 Å². The van der Waals surface area contributed by atoms with E-state index in [-0.39, 0.29) is 51.7 Å². The van der Waals surface area contributed by atoms with Gasteiger partial charge in [-0.1, -0.05) is 60.7 Å². The zero-order valence-electron chi connectivity index (χ0n) is 35.4. The second kappa shape index (κ2) is 14.8. The average Bonchev–Trinajstić information content (AvgIpc) is 3.96. The molecule has 2 aliphatic heterocycles. The molecule has 0 aromatic heterocycles. The van der Waals surface area contributed by atoms with Crippen molar-refractivity contribution in [1.82, 2.24) is 0 Å². The van der Waals surface area contributed by atoms with Crippen molar-refractivity contribution in [2.24, 2.45) is 0 Å². The van der Waals surface area contributed by atoms with Crippen LogP contribution in [0.15, 0.2) is 152 Å². The van der Waals surface area contributed by atoms with Gasteiger partial charge in [-0.05, 0) is 117 Å². The lowest BCUT2D eigenvalue weighted by Gasteiger charge is -2.35. The Hall–Kier alpha value is -8.44. The Bertz CT molecular complexity index is 3280. The fourth-order valence-corrected chi connectivity index (χ4v) is 11.9. The van der Waals surface area contributed by atoms with E-state index in [1.807, 2.05) is 18.2 Å². The van der Waals surface area contributed by atoms with Crippen LogP contribution in [-0.4, -0.2) is 46.0 Å². The van der Waals surface area contributed by atoms with Gasteiger partial charge in [0.15, 0.2) is 0 Å². The van der Waals surface area contributed by atoms with E-state index in [0.29, 0.717) is 56.0 Å². The molecule has 0 saturated heterocycles. The normalized spacial score (nSPS) is 22.8. The van der Waals surface area contributed by atoms with Gasteiger partial charge in [-0.15, -0.1) is 0 Å². The lowest BCUT2D eigenvalue weighted by Crippen LogP contribution is -2.21. The Morgan fingerprint density at radius 2 is 0.776 bits per heavy atom. The fraction of sp³-hybridized carbons (Fsp3) is 0.143. The van der Waals surface area contributed by atoms with Crippen LogP contribution in [0.2, 0.25) is 0 Å². The predicted octanol–water partition coefficient (Wildman–Crippen LogP) is 10.7. The topological polar surface area (TPSA) is 201 Å². The van der Waals surface area contributed by atoms with Crippen LogP contribution >= 0.6 is 0 Å². The van der Waals surface area contributed by atoms with E-state index < -0.39 is 47.7 Å². The summed E-state index contributed by atoms with van der Waals surface area (Å²) in [7, 11) is 0. The molecule has 11 nitrogen and oxygen atoms in total. The zero-order chi connectivity index (χ0) is 46.0. The van der Waals surface area contributed by atoms with E-state index in [1.54, 1.807) is 127 Å². The van der Waals surface area contributed by atoms with Crippen molar-refractivity contribution in [3.05, 3.63) is 218 Å². The minimum Gasteiger partial charge on any atom is -0.508 e. The third-order valence-electron chi connectivity index (χ3n) is 14.4. The maximum Gasteiger partial charge on any atom is 0.135 e. The highest BCUT2D eigenvalue weighted by Gasteiger charge is 2.57. The van der Waals surface area contributed by atoms with Crippen molar-refractivity contribution < 1.29 is 55.4 Å². The summed E-state index contributed by atoms with van der Waals surface area (Å²) >= 11 is 0. The van der Waals surface area contributed by atoms with Crippen LogP contribution < -0.4 is 9.47 Å². The van der Waals surface area contributed by atoms with E-state index in [1.165, 1.54) is 6.07 Å². The second-order valence-corrected chi connectivity index (χ2v) is 18.0. The molecule has 9 N–H and O–H groups in total. The minimum atomic E-state index is -0.772. The molecule has 332 valence electrons. The number of phenols is 9. The second-order valence-electron chi connectivity index (χ2n) is 18.0. The van der Waals surface area contributed by atoms with Crippen molar-refractivity contribution in [2.45, 2.75) is 47.7 Å². The van der Waals surface area contributed by atoms with Gasteiger partial charge in [0.1, 0.15) is 75.5 Å². The zero-order valence-corrected chi connectivity index (χ0v) is 35.4. The van der Waals surface area contributed by atoms with Gasteiger partial charge in [-0.3, -0.25) is 0 Å². The molecule has 8 aromatic carbocycles. The molecule has 4 aliphatic rings. The highest BCUT2D eigenvalue weighted by atomic mass is 16.5. The van der Waals surface area contributed by atoms with Gasteiger partial charge in [0.05, 0.1) is 11.8 Å². The molecular formula is C56H42O11. The van der Waals surface area contributed by atoms with Crippen LogP contribution in [0, 0.1) is 0 Å². The molecule has 8 aromatic rings. The molecule has 2 aliphatic carbocycles. The molecule has 0 bridgehead atoms. The Kier molecular flexibility index (Phi) is 8.85. The molecule has 0 spiro atoms. The standard InChI is InChI=1S/C56H42O11/c57-31-12-4-26(5-13-31)44-47-38(21-36(62)23-40(47)64)50-52-43(67-56(50)29-10-18-34(60)19-11-29)25-41(65)51-49(45(53(44)54(51)52)27-6-14-32(58)15-7-27)39-22-37(63)24-42-48(39)46(30-2-1-3-35(61)20-30)55(66-42)28-8-16-33(59)17-9-28/h1-25,44-46,49-50,53,55-65H. The van der Waals surface area contributed by atoms with Crippen LogP contribution in [0.4, 0.5) is 0 Å². The Balaban J connectivity index is 1.20. The molecule has 0 radical (unpaired) electrons. The van der Waals surface area contributed by atoms with Crippen LogP contribution in [0.5, 0.6) is 63.2 Å². The van der Waals surface area contributed by atoms with E-state index in [9.17, 15) is 46.0 Å². The highest BCUT2D eigenvalue weighted by Crippen LogP contribution is 2.72. The maximum absolute atomic E-state index is 12.8. The van der Waals surface area contributed by atoms with Crippen LogP contribution in [0.1, 0.15) is 114 Å². The van der Waals surface area contributed by atoms with Gasteiger partial charge in [0.2, 0.25) is 0 Å². The van der Waals surface area contributed by atoms with Gasteiger partial charge in [0.25, 0.3) is 0 Å². The van der Waals surface area contributed by atoms with Crippen LogP contribution in [0.3, 0.4) is 0 Å². The van der Waals surface area contributed by atoms with E-state index in [4.69, 9.17) is 9.47 Å². The summed E-state index contributed by atoms with van der Waals surface area (Å²) < 4.78 is 13.8. The van der Waals surface area contributed by atoms with Gasteiger partial charge < -0.3 is 55.4 Å². The third kappa shape index (κ3) is 6.18. The Morgan fingerprint density at radius 3 is 1.36 bits per heavy atom. The summed E-state index contributed by atoms with van der Waals surface area (Å²) in [5.41, 5.74) is 8.02. The van der Waals surface area contributed by atoms with Crippen LogP contribution in [0.25, 0.3) is 0 Å². The number of benzene rings is 8. The third-order valence-corrected chi connectivity index (χ3v) is 14.4. The summed E-state index contributed by atoms with van der Waals surface area (Å²) in [6, 6.07) is 41.8. The highest BCUT2D eigenvalue weighted by molar-refractivity contribution is 5.74. The van der Waals surface area contributed by atoms with Gasteiger partial charge in [-0.2, -0.15) is 0 Å². The molecule has 11 heteroatoms. The van der Waals surface area contributed by atoms with Crippen LogP contribution in [-0.2, 0) is 0 Å². The molecule has 12 rings (SSSR count). The first-order valence-electron chi connectivity index (χ1n) is 22.0. The lowest BCUT2D eigenvalue weighted by atomic mass is 9.68. The molecule has 0 saturated carbocycles. The summed E-state index contributed by atoms with van der Waals surface area (Å²) in [5, 5.41) is 101. The average molecular weight is 891 g/mol. The smallest absolute Gasteiger partial charge is 0.135 e. The summed E-state index contributed by atoms with van der Waals surface area (Å²) in [5.74, 6) is -3.57. The predicted molar refractivity (Wildman–Crippen MR) is 246 cm³/mol. The number of fused-ring (bicyclic) bond motifs is 3. The number of hydrogen-bond acceptors (Lipinski definition) is 11. The summed E-state index contributed by atoms with van der Waals surface area (Å²) in [6.07, 6.45) is -1.45. The first-order chi connectivity index (χ1) is 32.4. The Labute approximate surface area is 383 Å². The SMILES string of the molecule is Oc1ccc(C2Oc3cc(O)cc(C4c5c(O)cc6c7c5C(C(c5ccc(O)cc5)c5c(O)cc(O)cc5C7C(c5ccc(O)cc5)O6)C4c4ccc(O)cc4)c3C2c2cccc(O)c2)cc1. The monoisotopic (exact) mass is 890 g/mol. The fourth-order valence-electron chi connectivity index (χ4n) is 11.9. The number of hydrogen-bond donors (Lipinski definition) is 9. The first kappa shape index (κ1) is 40.1. The van der Waals surface area contributed by atoms with Crippen molar-refractivity contribution >= 4 is 0 Å². The Morgan fingerprint density at radius 1 is 0.284 bits per heavy atom. The van der Waals surface area contributed by atoms with E-state index in [0.717, 1.165) is 22.3 Å². The van der Waals surface area contributed by atoms with Crippen molar-refractivity contribution in [3.63, 3.8) is 0 Å². The van der Waals surface area contributed by atoms with Crippen molar-refractivity contribution in [1.29, 1.82) is 0 Å². The number of rotatable bonds is 6. The molecular weight excluding hydrogens is 849 g/mol. The maximum atomic E-state index is 12.8. The largest absolute Gasteiger partial charge is 0.508 e. The van der Waals surface area contributed by atoms with Crippen molar-refractivity contribution in [2.75, 3.05) is 0 Å². The summed E-state index contributed by atoms with van der Waals surface area (Å²) in [4.78, 5) is 0. The van der Waals surface area contributed by atoms with Gasteiger partial charge in [-0.25, -0.2) is 0 Å². The molecule has 0 amide bonds. The van der Waals surface area contributed by atoms with Gasteiger partial charge >= 0.3 is 0 Å². The van der Waals surface area contributed by atoms with Gasteiger partial charge in [0, 0.05) is 64.1 Å². The lowest BCUT2D eigenvalue weighted by molar-refractivity contribution is 0.221. The number of aromatic hydroxyl groups is 9. The molecule has 8 unspecified atom stereocenters. The van der Waals surface area contributed by atoms with E-state index in [2.05, 4.69) is 0 Å². The first-order valence-corrected chi connectivity index (χ1v) is 22.0. The molecule has 2 heterocycles. The molecule has 67 heavy (non-hydrogen) atoms. The minimum absolute atomic E-state index is 0.0317. The van der Waals surface area contributed by atoms with Crippen molar-refractivity contribution in [3.8, 4) is 63.2 Å².